The van der Waals surface area contributed by atoms with Gasteiger partial charge in [0.25, 0.3) is 0 Å². The molecule has 0 radical (unpaired) electrons. The van der Waals surface area contributed by atoms with Gasteiger partial charge in [-0.3, -0.25) is 4.90 Å². The van der Waals surface area contributed by atoms with Gasteiger partial charge in [0, 0.05) is 55.9 Å². The molecule has 5 fully saturated rings. The summed E-state index contributed by atoms with van der Waals surface area (Å²) >= 11 is 0. The lowest BCUT2D eigenvalue weighted by atomic mass is 9.93. The van der Waals surface area contributed by atoms with Crippen LogP contribution in [0.4, 0.5) is 0 Å². The van der Waals surface area contributed by atoms with Crippen LogP contribution in [0.1, 0.15) is 71.6 Å². The molecule has 5 aliphatic rings. The third kappa shape index (κ3) is 5.97. The molecule has 3 N–H and O–H groups in total. The maximum absolute atomic E-state index is 4.64. The van der Waals surface area contributed by atoms with Gasteiger partial charge in [-0.25, -0.2) is 5.43 Å². The standard InChI is InChI=1S/C30H52N6/c1-6-34(24(5)28-29(33-28)26-13-14-26)19-25-15-18-35(20-25)30(27-11-7-8-12-27)22(3)32-21(2)23(4)36-17-10-9-16-31-36/h21,25-33H,3-20H2,1-2H3. The van der Waals surface area contributed by atoms with Crippen molar-refractivity contribution in [1.29, 1.82) is 0 Å². The summed E-state index contributed by atoms with van der Waals surface area (Å²) in [5, 5.41) is 9.77. The number of hydrogen-bond acceptors (Lipinski definition) is 6. The van der Waals surface area contributed by atoms with Crippen LogP contribution in [0.3, 0.4) is 0 Å². The van der Waals surface area contributed by atoms with Gasteiger partial charge in [-0.15, -0.1) is 0 Å². The Labute approximate surface area is 220 Å². The van der Waals surface area contributed by atoms with Gasteiger partial charge in [0.15, 0.2) is 0 Å². The fraction of sp³-hybridized carbons (Fsp3) is 0.800. The van der Waals surface area contributed by atoms with Crippen molar-refractivity contribution in [3.05, 3.63) is 36.8 Å². The second kappa shape index (κ2) is 11.5. The first kappa shape index (κ1) is 26.1. The Morgan fingerprint density at radius 2 is 1.81 bits per heavy atom. The lowest BCUT2D eigenvalue weighted by Crippen LogP contribution is -2.49. The molecule has 3 saturated heterocycles. The number of nitrogens with zero attached hydrogens (tertiary/aromatic N) is 3. The fourth-order valence-corrected chi connectivity index (χ4v) is 7.23. The van der Waals surface area contributed by atoms with E-state index in [1.54, 1.807) is 0 Å². The number of likely N-dealkylation sites (tertiary alicyclic amines) is 1. The average Bonchev–Trinajstić information content (AvgIpc) is 3.79. The molecule has 0 amide bonds. The number of nitrogens with one attached hydrogen (secondary N) is 3. The van der Waals surface area contributed by atoms with E-state index in [1.165, 1.54) is 82.3 Å². The molecule has 2 saturated carbocycles. The monoisotopic (exact) mass is 496 g/mol. The summed E-state index contributed by atoms with van der Waals surface area (Å²) in [7, 11) is 0. The van der Waals surface area contributed by atoms with Crippen molar-refractivity contribution >= 4 is 0 Å². The van der Waals surface area contributed by atoms with Crippen LogP contribution in [0.25, 0.3) is 0 Å². The van der Waals surface area contributed by atoms with Crippen molar-refractivity contribution in [2.45, 2.75) is 95.8 Å². The molecule has 5 unspecified atom stereocenters. The summed E-state index contributed by atoms with van der Waals surface area (Å²) in [6.45, 7) is 24.8. The highest BCUT2D eigenvalue weighted by Gasteiger charge is 2.49. The van der Waals surface area contributed by atoms with Crippen LogP contribution in [0.15, 0.2) is 36.8 Å². The molecule has 2 aliphatic carbocycles. The summed E-state index contributed by atoms with van der Waals surface area (Å²) in [5.74, 6) is 2.35. The molecular formula is C30H52N6. The minimum atomic E-state index is 0.190. The van der Waals surface area contributed by atoms with Gasteiger partial charge in [0.2, 0.25) is 0 Å². The van der Waals surface area contributed by atoms with Crippen LogP contribution in [0.2, 0.25) is 0 Å². The first-order chi connectivity index (χ1) is 17.5. The molecule has 5 rings (SSSR count). The maximum atomic E-state index is 4.64. The third-order valence-corrected chi connectivity index (χ3v) is 9.65. The summed E-state index contributed by atoms with van der Waals surface area (Å²) < 4.78 is 0. The lowest BCUT2D eigenvalue weighted by molar-refractivity contribution is 0.174. The quantitative estimate of drug-likeness (QED) is 0.334. The minimum Gasteiger partial charge on any atom is -0.379 e. The highest BCUT2D eigenvalue weighted by Crippen LogP contribution is 2.42. The van der Waals surface area contributed by atoms with E-state index in [4.69, 9.17) is 0 Å². The zero-order chi connectivity index (χ0) is 25.2. The molecule has 36 heavy (non-hydrogen) atoms. The summed E-state index contributed by atoms with van der Waals surface area (Å²) in [4.78, 5) is 5.34. The van der Waals surface area contributed by atoms with Gasteiger partial charge in [0.05, 0.1) is 18.1 Å². The van der Waals surface area contributed by atoms with E-state index in [0.29, 0.717) is 24.0 Å². The highest BCUT2D eigenvalue weighted by atomic mass is 15.5. The predicted octanol–water partition coefficient (Wildman–Crippen LogP) is 4.06. The minimum absolute atomic E-state index is 0.190. The van der Waals surface area contributed by atoms with E-state index in [-0.39, 0.29) is 6.04 Å². The molecule has 0 bridgehead atoms. The Morgan fingerprint density at radius 1 is 1.03 bits per heavy atom. The molecule has 6 heteroatoms. The van der Waals surface area contributed by atoms with Crippen LogP contribution in [-0.4, -0.2) is 78.2 Å². The van der Waals surface area contributed by atoms with Gasteiger partial charge < -0.3 is 20.5 Å². The van der Waals surface area contributed by atoms with Crippen molar-refractivity contribution in [2.75, 3.05) is 39.3 Å². The Bertz CT molecular complexity index is 793. The predicted molar refractivity (Wildman–Crippen MR) is 150 cm³/mol. The zero-order valence-electron chi connectivity index (χ0n) is 23.1. The summed E-state index contributed by atoms with van der Waals surface area (Å²) in [6, 6.07) is 1.87. The molecule has 5 atom stereocenters. The van der Waals surface area contributed by atoms with Crippen LogP contribution >= 0.6 is 0 Å². The average molecular weight is 497 g/mol. The molecule has 0 spiro atoms. The molecule has 0 aromatic rings. The van der Waals surface area contributed by atoms with E-state index < -0.39 is 0 Å². The van der Waals surface area contributed by atoms with Gasteiger partial charge in [0.1, 0.15) is 0 Å². The van der Waals surface area contributed by atoms with Crippen molar-refractivity contribution in [1.82, 2.24) is 30.9 Å². The topological polar surface area (TPSA) is 55.7 Å². The second-order valence-corrected chi connectivity index (χ2v) is 12.3. The Morgan fingerprint density at radius 3 is 2.47 bits per heavy atom. The van der Waals surface area contributed by atoms with E-state index in [2.05, 4.69) is 64.5 Å². The lowest BCUT2D eigenvalue weighted by Gasteiger charge is -2.38. The SMILES string of the molecule is C=C(NC(C)C(=C)N1CCCCN1)C(C1CCCC1)N1CCC(CN(CC)C(=C)C2NC2C2CC2)C1. The van der Waals surface area contributed by atoms with Gasteiger partial charge >= 0.3 is 0 Å². The Balaban J connectivity index is 1.17. The Kier molecular flexibility index (Phi) is 8.34. The van der Waals surface area contributed by atoms with E-state index in [0.717, 1.165) is 43.7 Å². The van der Waals surface area contributed by atoms with Crippen LogP contribution in [0, 0.1) is 17.8 Å². The van der Waals surface area contributed by atoms with E-state index in [1.807, 2.05) is 0 Å². The van der Waals surface area contributed by atoms with Crippen molar-refractivity contribution in [3.63, 3.8) is 0 Å². The number of hydrazine groups is 1. The number of likely N-dealkylation sites (N-methyl/N-ethyl adjacent to an activating group) is 1. The summed E-state index contributed by atoms with van der Waals surface area (Å²) in [5.41, 5.74) is 7.19. The summed E-state index contributed by atoms with van der Waals surface area (Å²) in [6.07, 6.45) is 12.0. The molecule has 3 aliphatic heterocycles. The Hall–Kier alpha value is -1.50. The van der Waals surface area contributed by atoms with Crippen molar-refractivity contribution in [2.24, 2.45) is 17.8 Å². The van der Waals surface area contributed by atoms with E-state index >= 15 is 0 Å². The molecular weight excluding hydrogens is 444 g/mol. The molecule has 202 valence electrons. The van der Waals surface area contributed by atoms with Gasteiger partial charge in [-0.1, -0.05) is 32.6 Å². The first-order valence-electron chi connectivity index (χ1n) is 15.0. The van der Waals surface area contributed by atoms with Crippen LogP contribution < -0.4 is 16.1 Å². The fourth-order valence-electron chi connectivity index (χ4n) is 7.23. The zero-order valence-corrected chi connectivity index (χ0v) is 23.1. The molecule has 6 nitrogen and oxygen atoms in total. The maximum Gasteiger partial charge on any atom is 0.0639 e. The third-order valence-electron chi connectivity index (χ3n) is 9.65. The normalized spacial score (nSPS) is 30.7. The van der Waals surface area contributed by atoms with Crippen LogP contribution in [-0.2, 0) is 0 Å². The van der Waals surface area contributed by atoms with Gasteiger partial charge in [-0.05, 0) is 83.1 Å². The van der Waals surface area contributed by atoms with Gasteiger partial charge in [-0.2, -0.15) is 0 Å². The highest BCUT2D eigenvalue weighted by molar-refractivity contribution is 5.23. The molecule has 3 heterocycles. The largest absolute Gasteiger partial charge is 0.379 e. The van der Waals surface area contributed by atoms with E-state index in [9.17, 15) is 0 Å². The van der Waals surface area contributed by atoms with Crippen molar-refractivity contribution < 1.29 is 0 Å². The number of rotatable bonds is 13. The van der Waals surface area contributed by atoms with Crippen molar-refractivity contribution in [3.8, 4) is 0 Å². The number of hydrogen-bond donors (Lipinski definition) is 3. The second-order valence-electron chi connectivity index (χ2n) is 12.3. The molecule has 0 aromatic carbocycles. The molecule has 0 aromatic heterocycles. The van der Waals surface area contributed by atoms with Crippen LogP contribution in [0.5, 0.6) is 0 Å². The smallest absolute Gasteiger partial charge is 0.0639 e. The first-order valence-corrected chi connectivity index (χ1v) is 15.0.